The summed E-state index contributed by atoms with van der Waals surface area (Å²) < 4.78 is 0. The van der Waals surface area contributed by atoms with Crippen LogP contribution in [-0.2, 0) is 19.2 Å². The van der Waals surface area contributed by atoms with Crippen molar-refractivity contribution >= 4 is 29.7 Å². The molecule has 2 amide bonds. The van der Waals surface area contributed by atoms with E-state index in [2.05, 4.69) is 20.9 Å². The maximum Gasteiger partial charge on any atom is 0.326 e. The van der Waals surface area contributed by atoms with Crippen molar-refractivity contribution < 1.29 is 29.4 Å². The first-order valence-electron chi connectivity index (χ1n) is 9.04. The van der Waals surface area contributed by atoms with Crippen molar-refractivity contribution in [2.45, 2.75) is 56.7 Å². The molecule has 1 fully saturated rings. The molecule has 1 rings (SSSR count). The first-order valence-corrected chi connectivity index (χ1v) is 9.04. The fourth-order valence-electron chi connectivity index (χ4n) is 2.75. The molecule has 3 unspecified atom stereocenters. The second-order valence-corrected chi connectivity index (χ2v) is 6.49. The fraction of sp³-hybridized carbons (Fsp3) is 0.688. The van der Waals surface area contributed by atoms with E-state index >= 15 is 0 Å². The smallest absolute Gasteiger partial charge is 0.326 e. The van der Waals surface area contributed by atoms with Gasteiger partial charge >= 0.3 is 11.9 Å². The highest BCUT2D eigenvalue weighted by Gasteiger charge is 2.29. The topological polar surface area (TPSA) is 209 Å². The Morgan fingerprint density at radius 1 is 1.11 bits per heavy atom. The summed E-state index contributed by atoms with van der Waals surface area (Å²) in [6.45, 7) is 0.945. The van der Waals surface area contributed by atoms with Crippen molar-refractivity contribution in [3.8, 4) is 0 Å². The lowest BCUT2D eigenvalue weighted by Gasteiger charge is -2.22. The molecule has 12 heteroatoms. The number of carboxylic acids is 2. The van der Waals surface area contributed by atoms with Crippen molar-refractivity contribution in [2.24, 2.45) is 16.5 Å². The monoisotopic (exact) mass is 400 g/mol. The SMILES string of the molecule is NC(N)=NCCCC(NC(=O)C1CCCN1)C(=O)NC(CCC(=O)O)C(=O)O. The molecule has 0 aromatic rings. The van der Waals surface area contributed by atoms with Crippen LogP contribution in [0.3, 0.4) is 0 Å². The highest BCUT2D eigenvalue weighted by Crippen LogP contribution is 2.07. The van der Waals surface area contributed by atoms with Gasteiger partial charge in [-0.1, -0.05) is 0 Å². The Morgan fingerprint density at radius 2 is 1.82 bits per heavy atom. The molecule has 0 aliphatic carbocycles. The van der Waals surface area contributed by atoms with Crippen LogP contribution in [0.2, 0.25) is 0 Å². The van der Waals surface area contributed by atoms with Crippen molar-refractivity contribution in [1.82, 2.24) is 16.0 Å². The van der Waals surface area contributed by atoms with Gasteiger partial charge < -0.3 is 37.6 Å². The minimum absolute atomic E-state index is 0.0974. The molecule has 9 N–H and O–H groups in total. The Labute approximate surface area is 162 Å². The van der Waals surface area contributed by atoms with Gasteiger partial charge in [0.15, 0.2) is 5.96 Å². The predicted molar refractivity (Wildman–Crippen MR) is 99.3 cm³/mol. The van der Waals surface area contributed by atoms with E-state index in [-0.39, 0.29) is 31.3 Å². The standard InChI is InChI=1S/C16H28N6O6/c17-16(18)20-8-2-4-10(21-13(25)9-3-1-7-19-9)14(26)22-11(15(27)28)5-6-12(23)24/h9-11,19H,1-8H2,(H,21,25)(H,22,26)(H,23,24)(H,27,28)(H4,17,18,20). The summed E-state index contributed by atoms with van der Waals surface area (Å²) in [5.41, 5.74) is 10.5. The normalized spacial score (nSPS) is 17.9. The molecule has 0 aromatic heterocycles. The maximum atomic E-state index is 12.5. The van der Waals surface area contributed by atoms with Gasteiger partial charge in [0.05, 0.1) is 6.04 Å². The van der Waals surface area contributed by atoms with Gasteiger partial charge in [-0.25, -0.2) is 4.79 Å². The van der Waals surface area contributed by atoms with Gasteiger partial charge in [-0.15, -0.1) is 0 Å². The molecule has 0 spiro atoms. The molecule has 0 aromatic carbocycles. The van der Waals surface area contributed by atoms with Crippen LogP contribution < -0.4 is 27.4 Å². The van der Waals surface area contributed by atoms with Gasteiger partial charge in [-0.05, 0) is 38.6 Å². The number of hydrogen-bond acceptors (Lipinski definition) is 6. The number of hydrogen-bond donors (Lipinski definition) is 7. The third-order valence-corrected chi connectivity index (χ3v) is 4.22. The second kappa shape index (κ2) is 11.7. The molecule has 3 atom stereocenters. The molecule has 0 saturated carbocycles. The lowest BCUT2D eigenvalue weighted by molar-refractivity contribution is -0.143. The van der Waals surface area contributed by atoms with E-state index in [1.165, 1.54) is 0 Å². The molecule has 0 radical (unpaired) electrons. The third-order valence-electron chi connectivity index (χ3n) is 4.22. The molecule has 1 heterocycles. The van der Waals surface area contributed by atoms with E-state index in [1.807, 2.05) is 0 Å². The van der Waals surface area contributed by atoms with Crippen molar-refractivity contribution in [3.63, 3.8) is 0 Å². The van der Waals surface area contributed by atoms with Crippen LogP contribution in [0.5, 0.6) is 0 Å². The van der Waals surface area contributed by atoms with Crippen LogP contribution in [0.4, 0.5) is 0 Å². The number of nitrogens with one attached hydrogen (secondary N) is 3. The average molecular weight is 400 g/mol. The molecule has 1 aliphatic heterocycles. The number of amides is 2. The molecule has 1 aliphatic rings. The van der Waals surface area contributed by atoms with Crippen LogP contribution in [0.1, 0.15) is 38.5 Å². The largest absolute Gasteiger partial charge is 0.481 e. The Morgan fingerprint density at radius 3 is 2.36 bits per heavy atom. The zero-order valence-corrected chi connectivity index (χ0v) is 15.5. The Hall–Kier alpha value is -2.89. The first-order chi connectivity index (χ1) is 13.2. The summed E-state index contributed by atoms with van der Waals surface area (Å²) in [7, 11) is 0. The van der Waals surface area contributed by atoms with Crippen molar-refractivity contribution in [2.75, 3.05) is 13.1 Å². The quantitative estimate of drug-likeness (QED) is 0.107. The summed E-state index contributed by atoms with van der Waals surface area (Å²) in [5.74, 6) is -3.67. The van der Waals surface area contributed by atoms with Crippen LogP contribution in [0, 0.1) is 0 Å². The Balaban J connectivity index is 2.73. The fourth-order valence-corrected chi connectivity index (χ4v) is 2.75. The summed E-state index contributed by atoms with van der Waals surface area (Å²) in [5, 5.41) is 25.8. The molecule has 0 bridgehead atoms. The van der Waals surface area contributed by atoms with E-state index in [4.69, 9.17) is 16.6 Å². The van der Waals surface area contributed by atoms with Gasteiger partial charge in [0.1, 0.15) is 12.1 Å². The summed E-state index contributed by atoms with van der Waals surface area (Å²) in [6.07, 6.45) is 1.37. The van der Waals surface area contributed by atoms with E-state index in [0.717, 1.165) is 6.42 Å². The number of carbonyl (C=O) groups excluding carboxylic acids is 2. The maximum absolute atomic E-state index is 12.5. The molecule has 28 heavy (non-hydrogen) atoms. The van der Waals surface area contributed by atoms with Gasteiger partial charge in [0.2, 0.25) is 11.8 Å². The second-order valence-electron chi connectivity index (χ2n) is 6.49. The number of aliphatic carboxylic acids is 2. The lowest BCUT2D eigenvalue weighted by Crippen LogP contribution is -2.54. The number of nitrogens with zero attached hydrogens (tertiary/aromatic N) is 1. The van der Waals surface area contributed by atoms with Crippen LogP contribution >= 0.6 is 0 Å². The average Bonchev–Trinajstić information content (AvgIpc) is 3.14. The van der Waals surface area contributed by atoms with E-state index in [1.54, 1.807) is 0 Å². The molecular formula is C16H28N6O6. The molecular weight excluding hydrogens is 372 g/mol. The minimum atomic E-state index is -1.37. The Bertz CT molecular complexity index is 600. The summed E-state index contributed by atoms with van der Waals surface area (Å²) in [4.78, 5) is 50.6. The Kier molecular flexibility index (Phi) is 9.71. The van der Waals surface area contributed by atoms with Gasteiger partial charge in [0.25, 0.3) is 0 Å². The zero-order chi connectivity index (χ0) is 21.1. The first kappa shape index (κ1) is 23.1. The van der Waals surface area contributed by atoms with Gasteiger partial charge in [0, 0.05) is 13.0 Å². The van der Waals surface area contributed by atoms with E-state index in [0.29, 0.717) is 19.4 Å². The number of nitrogens with two attached hydrogens (primary N) is 2. The lowest BCUT2D eigenvalue weighted by atomic mass is 10.1. The van der Waals surface area contributed by atoms with Gasteiger partial charge in [-0.3, -0.25) is 19.4 Å². The third kappa shape index (κ3) is 8.66. The van der Waals surface area contributed by atoms with Crippen molar-refractivity contribution in [3.05, 3.63) is 0 Å². The number of carboxylic acid groups (broad SMARTS) is 2. The van der Waals surface area contributed by atoms with Crippen LogP contribution in [0.25, 0.3) is 0 Å². The van der Waals surface area contributed by atoms with Crippen LogP contribution in [-0.4, -0.2) is 71.1 Å². The van der Waals surface area contributed by atoms with E-state index in [9.17, 15) is 24.3 Å². The minimum Gasteiger partial charge on any atom is -0.481 e. The number of aliphatic imine (C=N–C) groups is 1. The molecule has 158 valence electrons. The number of rotatable bonds is 12. The zero-order valence-electron chi connectivity index (χ0n) is 15.5. The predicted octanol–water partition coefficient (Wildman–Crippen LogP) is -2.29. The molecule has 12 nitrogen and oxygen atoms in total. The summed E-state index contributed by atoms with van der Waals surface area (Å²) in [6, 6.07) is -2.77. The highest BCUT2D eigenvalue weighted by atomic mass is 16.4. The van der Waals surface area contributed by atoms with E-state index < -0.39 is 42.4 Å². The highest BCUT2D eigenvalue weighted by molar-refractivity contribution is 5.92. The van der Waals surface area contributed by atoms with Crippen LogP contribution in [0.15, 0.2) is 4.99 Å². The number of carbonyl (C=O) groups is 4. The summed E-state index contributed by atoms with van der Waals surface area (Å²) >= 11 is 0. The molecule has 1 saturated heterocycles. The van der Waals surface area contributed by atoms with Crippen molar-refractivity contribution in [1.29, 1.82) is 0 Å². The number of guanidine groups is 1. The van der Waals surface area contributed by atoms with Gasteiger partial charge in [-0.2, -0.15) is 0 Å².